The molecule has 0 unspecified atom stereocenters. The Bertz CT molecular complexity index is 472. The number of nitrogens with zero attached hydrogens (tertiary/aromatic N) is 2. The van der Waals surface area contributed by atoms with E-state index in [1.807, 2.05) is 0 Å². The van der Waals surface area contributed by atoms with E-state index in [0.717, 1.165) is 42.4 Å². The van der Waals surface area contributed by atoms with E-state index >= 15 is 0 Å². The van der Waals surface area contributed by atoms with Crippen LogP contribution < -0.4 is 4.90 Å². The number of anilines is 1. The average molecular weight is 288 g/mol. The summed E-state index contributed by atoms with van der Waals surface area (Å²) in [4.78, 5) is 7.45. The van der Waals surface area contributed by atoms with Gasteiger partial charge in [0, 0.05) is 18.3 Å². The van der Waals surface area contributed by atoms with Crippen molar-refractivity contribution in [1.29, 1.82) is 0 Å². The molecule has 0 aromatic carbocycles. The van der Waals surface area contributed by atoms with Gasteiger partial charge in [0.15, 0.2) is 0 Å². The summed E-state index contributed by atoms with van der Waals surface area (Å²) in [5, 5.41) is 9.54. The van der Waals surface area contributed by atoms with Gasteiger partial charge in [-0.25, -0.2) is 4.98 Å². The van der Waals surface area contributed by atoms with Gasteiger partial charge in [-0.15, -0.1) is 0 Å². The van der Waals surface area contributed by atoms with Crippen molar-refractivity contribution in [1.82, 2.24) is 4.98 Å². The van der Waals surface area contributed by atoms with E-state index in [4.69, 9.17) is 4.98 Å². The SMILES string of the molecule is CCCc1cc(CO)cc(N2CCC[C@H]3CCCC[C@H]32)n1. The zero-order valence-electron chi connectivity index (χ0n) is 13.2. The third-order valence-electron chi connectivity index (χ3n) is 5.15. The molecule has 0 spiro atoms. The number of piperidine rings is 1. The van der Waals surface area contributed by atoms with Crippen LogP contribution in [0, 0.1) is 5.92 Å². The molecule has 1 aliphatic carbocycles. The van der Waals surface area contributed by atoms with Gasteiger partial charge in [0.25, 0.3) is 0 Å². The maximum Gasteiger partial charge on any atom is 0.129 e. The van der Waals surface area contributed by atoms with Crippen LogP contribution in [0.1, 0.15) is 63.1 Å². The summed E-state index contributed by atoms with van der Waals surface area (Å²) in [5.41, 5.74) is 2.15. The summed E-state index contributed by atoms with van der Waals surface area (Å²) >= 11 is 0. The maximum absolute atomic E-state index is 9.54. The third kappa shape index (κ3) is 3.23. The predicted octanol–water partition coefficient (Wildman–Crippen LogP) is 3.69. The first-order valence-electron chi connectivity index (χ1n) is 8.69. The Morgan fingerprint density at radius 1 is 1.19 bits per heavy atom. The van der Waals surface area contributed by atoms with Crippen molar-refractivity contribution in [2.75, 3.05) is 11.4 Å². The van der Waals surface area contributed by atoms with Gasteiger partial charge in [0.05, 0.1) is 6.61 Å². The molecule has 1 saturated carbocycles. The lowest BCUT2D eigenvalue weighted by molar-refractivity contribution is 0.242. The number of fused-ring (bicyclic) bond motifs is 1. The zero-order valence-corrected chi connectivity index (χ0v) is 13.2. The molecule has 21 heavy (non-hydrogen) atoms. The summed E-state index contributed by atoms with van der Waals surface area (Å²) in [7, 11) is 0. The fraction of sp³-hybridized carbons (Fsp3) is 0.722. The third-order valence-corrected chi connectivity index (χ3v) is 5.15. The van der Waals surface area contributed by atoms with Crippen LogP contribution in [0.4, 0.5) is 5.82 Å². The molecule has 1 aromatic heterocycles. The highest BCUT2D eigenvalue weighted by Crippen LogP contribution is 2.37. The lowest BCUT2D eigenvalue weighted by Crippen LogP contribution is -2.47. The van der Waals surface area contributed by atoms with Crippen LogP contribution >= 0.6 is 0 Å². The second-order valence-corrected chi connectivity index (χ2v) is 6.68. The minimum Gasteiger partial charge on any atom is -0.392 e. The molecular formula is C18H28N2O. The van der Waals surface area contributed by atoms with Gasteiger partial charge < -0.3 is 10.0 Å². The molecule has 1 saturated heterocycles. The number of pyridine rings is 1. The average Bonchev–Trinajstić information content (AvgIpc) is 2.54. The first kappa shape index (κ1) is 14.8. The van der Waals surface area contributed by atoms with Crippen LogP contribution in [0.2, 0.25) is 0 Å². The van der Waals surface area contributed by atoms with E-state index in [9.17, 15) is 5.11 Å². The quantitative estimate of drug-likeness (QED) is 0.918. The highest BCUT2D eigenvalue weighted by atomic mass is 16.3. The maximum atomic E-state index is 9.54. The topological polar surface area (TPSA) is 36.4 Å². The van der Waals surface area contributed by atoms with E-state index in [-0.39, 0.29) is 6.61 Å². The van der Waals surface area contributed by atoms with Crippen LogP contribution in [0.25, 0.3) is 0 Å². The van der Waals surface area contributed by atoms with E-state index in [0.29, 0.717) is 6.04 Å². The van der Waals surface area contributed by atoms with Crippen molar-refractivity contribution >= 4 is 5.82 Å². The van der Waals surface area contributed by atoms with Crippen molar-refractivity contribution in [3.63, 3.8) is 0 Å². The van der Waals surface area contributed by atoms with Crippen LogP contribution in [-0.2, 0) is 13.0 Å². The Morgan fingerprint density at radius 3 is 2.81 bits per heavy atom. The van der Waals surface area contributed by atoms with Gasteiger partial charge in [0.1, 0.15) is 5.82 Å². The summed E-state index contributed by atoms with van der Waals surface area (Å²) in [6.07, 6.45) is 10.3. The van der Waals surface area contributed by atoms with E-state index in [1.54, 1.807) is 0 Å². The fourth-order valence-electron chi connectivity index (χ4n) is 4.17. The first-order chi connectivity index (χ1) is 10.3. The molecule has 0 bridgehead atoms. The fourth-order valence-corrected chi connectivity index (χ4v) is 4.17. The van der Waals surface area contributed by atoms with Gasteiger partial charge in [-0.1, -0.05) is 26.2 Å². The smallest absolute Gasteiger partial charge is 0.129 e. The summed E-state index contributed by atoms with van der Waals surface area (Å²) in [6.45, 7) is 3.44. The molecule has 1 aromatic rings. The Kier molecular flexibility index (Phi) is 4.79. The highest BCUT2D eigenvalue weighted by molar-refractivity contribution is 5.44. The number of aliphatic hydroxyl groups is 1. The van der Waals surface area contributed by atoms with Crippen molar-refractivity contribution < 1.29 is 5.11 Å². The predicted molar refractivity (Wildman–Crippen MR) is 86.5 cm³/mol. The number of aryl methyl sites for hydroxylation is 1. The van der Waals surface area contributed by atoms with Crippen molar-refractivity contribution in [3.05, 3.63) is 23.4 Å². The molecule has 2 heterocycles. The first-order valence-corrected chi connectivity index (χ1v) is 8.69. The van der Waals surface area contributed by atoms with Crippen molar-refractivity contribution in [2.24, 2.45) is 5.92 Å². The van der Waals surface area contributed by atoms with Gasteiger partial charge in [-0.05, 0) is 55.7 Å². The monoisotopic (exact) mass is 288 g/mol. The number of hydrogen-bond acceptors (Lipinski definition) is 3. The van der Waals surface area contributed by atoms with Crippen LogP contribution in [0.3, 0.4) is 0 Å². The Morgan fingerprint density at radius 2 is 2.00 bits per heavy atom. The Labute approximate surface area is 128 Å². The zero-order chi connectivity index (χ0) is 14.7. The second kappa shape index (κ2) is 6.78. The van der Waals surface area contributed by atoms with Gasteiger partial charge >= 0.3 is 0 Å². The summed E-state index contributed by atoms with van der Waals surface area (Å²) in [6, 6.07) is 4.86. The largest absolute Gasteiger partial charge is 0.392 e. The molecule has 1 aliphatic heterocycles. The van der Waals surface area contributed by atoms with Crippen LogP contribution in [0.5, 0.6) is 0 Å². The van der Waals surface area contributed by atoms with E-state index in [2.05, 4.69) is 24.0 Å². The number of rotatable bonds is 4. The van der Waals surface area contributed by atoms with Crippen LogP contribution in [-0.4, -0.2) is 22.7 Å². The second-order valence-electron chi connectivity index (χ2n) is 6.68. The van der Waals surface area contributed by atoms with E-state index in [1.165, 1.54) is 38.5 Å². The van der Waals surface area contributed by atoms with Gasteiger partial charge in [0.2, 0.25) is 0 Å². The number of aliphatic hydroxyl groups excluding tert-OH is 1. The molecule has 2 fully saturated rings. The molecule has 3 rings (SSSR count). The van der Waals surface area contributed by atoms with Crippen molar-refractivity contribution in [3.8, 4) is 0 Å². The molecule has 0 radical (unpaired) electrons. The van der Waals surface area contributed by atoms with Gasteiger partial charge in [-0.3, -0.25) is 0 Å². The lowest BCUT2D eigenvalue weighted by atomic mass is 9.78. The Hall–Kier alpha value is -1.09. The minimum atomic E-state index is 0.119. The molecule has 2 aliphatic rings. The standard InChI is InChI=1S/C18H28N2O/c1-2-6-16-11-14(13-21)12-18(19-16)20-10-5-8-15-7-3-4-9-17(15)20/h11-12,15,17,21H,2-10,13H2,1H3/t15-,17-/m1/s1. The molecule has 1 N–H and O–H groups in total. The summed E-state index contributed by atoms with van der Waals surface area (Å²) in [5.74, 6) is 1.98. The molecule has 116 valence electrons. The highest BCUT2D eigenvalue weighted by Gasteiger charge is 2.33. The lowest BCUT2D eigenvalue weighted by Gasteiger charge is -2.45. The van der Waals surface area contributed by atoms with Crippen molar-refractivity contribution in [2.45, 2.75) is 70.9 Å². The molecular weight excluding hydrogens is 260 g/mol. The molecule has 3 heteroatoms. The Balaban J connectivity index is 1.88. The van der Waals surface area contributed by atoms with Gasteiger partial charge in [-0.2, -0.15) is 0 Å². The molecule has 2 atom stereocenters. The molecule has 3 nitrogen and oxygen atoms in total. The minimum absolute atomic E-state index is 0.119. The molecule has 0 amide bonds. The van der Waals surface area contributed by atoms with Crippen LogP contribution in [0.15, 0.2) is 12.1 Å². The number of aromatic nitrogens is 1. The van der Waals surface area contributed by atoms with E-state index < -0.39 is 0 Å². The summed E-state index contributed by atoms with van der Waals surface area (Å²) < 4.78 is 0. The number of hydrogen-bond donors (Lipinski definition) is 1. The normalized spacial score (nSPS) is 25.7.